The van der Waals surface area contributed by atoms with E-state index < -0.39 is 18.1 Å². The van der Waals surface area contributed by atoms with Crippen molar-refractivity contribution in [2.45, 2.75) is 30.7 Å². The van der Waals surface area contributed by atoms with Crippen LogP contribution in [0, 0.1) is 0 Å². The number of aliphatic imine (C=N–C) groups is 1. The predicted molar refractivity (Wildman–Crippen MR) is 102 cm³/mol. The smallest absolute Gasteiger partial charge is 0.328 e. The van der Waals surface area contributed by atoms with Gasteiger partial charge in [0.1, 0.15) is 22.9 Å². The normalized spacial score (nSPS) is 20.0. The maximum absolute atomic E-state index is 12.7. The highest BCUT2D eigenvalue weighted by Crippen LogP contribution is 2.33. The number of amides is 1. The SMILES string of the molecule is COC(=O)[C@H](Cc1cnc[nH]1)NC(=O)[C@@H]1N=C(c2ccccc2O)S[C@@H]1C. The van der Waals surface area contributed by atoms with Crippen molar-refractivity contribution in [2.75, 3.05) is 7.11 Å². The zero-order valence-electron chi connectivity index (χ0n) is 14.9. The number of benzene rings is 1. The molecule has 9 heteroatoms. The van der Waals surface area contributed by atoms with E-state index in [1.54, 1.807) is 30.5 Å². The molecule has 3 atom stereocenters. The lowest BCUT2D eigenvalue weighted by Gasteiger charge is -2.19. The minimum atomic E-state index is -0.843. The number of hydrogen-bond acceptors (Lipinski definition) is 7. The number of rotatable bonds is 6. The summed E-state index contributed by atoms with van der Waals surface area (Å²) >= 11 is 1.41. The van der Waals surface area contributed by atoms with Crippen LogP contribution in [-0.2, 0) is 20.7 Å². The lowest BCUT2D eigenvalue weighted by atomic mass is 10.1. The fourth-order valence-electron chi connectivity index (χ4n) is 2.77. The molecule has 27 heavy (non-hydrogen) atoms. The molecule has 1 aromatic carbocycles. The van der Waals surface area contributed by atoms with Crippen molar-refractivity contribution in [3.05, 3.63) is 48.0 Å². The van der Waals surface area contributed by atoms with E-state index in [1.165, 1.54) is 25.2 Å². The van der Waals surface area contributed by atoms with Gasteiger partial charge in [-0.3, -0.25) is 9.79 Å². The predicted octanol–water partition coefficient (Wildman–Crippen LogP) is 1.27. The summed E-state index contributed by atoms with van der Waals surface area (Å²) in [5.41, 5.74) is 1.30. The third-order valence-corrected chi connectivity index (χ3v) is 5.36. The Balaban J connectivity index is 1.75. The number of imidazole rings is 1. The van der Waals surface area contributed by atoms with E-state index in [4.69, 9.17) is 4.74 Å². The molecule has 0 spiro atoms. The van der Waals surface area contributed by atoms with Crippen molar-refractivity contribution in [3.63, 3.8) is 0 Å². The van der Waals surface area contributed by atoms with Gasteiger partial charge in [-0.2, -0.15) is 0 Å². The van der Waals surface area contributed by atoms with Gasteiger partial charge in [0.25, 0.3) is 0 Å². The summed E-state index contributed by atoms with van der Waals surface area (Å²) in [7, 11) is 1.27. The Morgan fingerprint density at radius 3 is 2.85 bits per heavy atom. The Hall–Kier alpha value is -2.81. The van der Waals surface area contributed by atoms with Crippen LogP contribution in [0.3, 0.4) is 0 Å². The summed E-state index contributed by atoms with van der Waals surface area (Å²) in [4.78, 5) is 36.1. The molecular formula is C18H20N4O4S. The third kappa shape index (κ3) is 4.30. The summed E-state index contributed by atoms with van der Waals surface area (Å²) in [5, 5.41) is 13.2. The molecule has 0 unspecified atom stereocenters. The van der Waals surface area contributed by atoms with E-state index in [1.807, 2.05) is 6.92 Å². The Kier molecular flexibility index (Phi) is 5.80. The maximum Gasteiger partial charge on any atom is 0.328 e. The van der Waals surface area contributed by atoms with Gasteiger partial charge in [-0.25, -0.2) is 9.78 Å². The standard InChI is InChI=1S/C18H20N4O4S/c1-10-15(22-17(27-10)12-5-3-4-6-14(12)23)16(24)21-13(18(25)26-2)7-11-8-19-9-20-11/h3-6,8-10,13,15,23H,7H2,1-2H3,(H,19,20)(H,21,24)/t10-,13+,15-/m1/s1. The quantitative estimate of drug-likeness (QED) is 0.642. The largest absolute Gasteiger partial charge is 0.507 e. The number of methoxy groups -OCH3 is 1. The first-order valence-electron chi connectivity index (χ1n) is 8.38. The van der Waals surface area contributed by atoms with Crippen LogP contribution >= 0.6 is 11.8 Å². The first kappa shape index (κ1) is 19.0. The average Bonchev–Trinajstić information content (AvgIpc) is 3.30. The third-order valence-electron chi connectivity index (χ3n) is 4.18. The molecule has 0 bridgehead atoms. The van der Waals surface area contributed by atoms with Crippen molar-refractivity contribution in [2.24, 2.45) is 4.99 Å². The van der Waals surface area contributed by atoms with E-state index in [0.29, 0.717) is 16.3 Å². The van der Waals surface area contributed by atoms with Crippen LogP contribution in [0.4, 0.5) is 0 Å². The van der Waals surface area contributed by atoms with Crippen LogP contribution in [0.1, 0.15) is 18.2 Å². The number of phenolic OH excluding ortho intramolecular Hbond substituents is 1. The van der Waals surface area contributed by atoms with Gasteiger partial charge in [0.15, 0.2) is 0 Å². The second-order valence-corrected chi connectivity index (χ2v) is 7.45. The van der Waals surface area contributed by atoms with Gasteiger partial charge in [-0.1, -0.05) is 19.1 Å². The first-order valence-corrected chi connectivity index (χ1v) is 9.26. The first-order chi connectivity index (χ1) is 13.0. The number of esters is 1. The second-order valence-electron chi connectivity index (χ2n) is 6.08. The van der Waals surface area contributed by atoms with Crippen molar-refractivity contribution < 1.29 is 19.4 Å². The number of thioether (sulfide) groups is 1. The molecular weight excluding hydrogens is 368 g/mol. The number of carbonyl (C=O) groups excluding carboxylic acids is 2. The minimum Gasteiger partial charge on any atom is -0.507 e. The van der Waals surface area contributed by atoms with Crippen LogP contribution < -0.4 is 5.32 Å². The van der Waals surface area contributed by atoms with Crippen LogP contribution in [0.2, 0.25) is 0 Å². The zero-order chi connectivity index (χ0) is 19.4. The van der Waals surface area contributed by atoms with E-state index in [9.17, 15) is 14.7 Å². The molecule has 1 aliphatic rings. The molecule has 0 aliphatic carbocycles. The zero-order valence-corrected chi connectivity index (χ0v) is 15.7. The van der Waals surface area contributed by atoms with Gasteiger partial charge < -0.3 is 20.1 Å². The number of aromatic hydroxyl groups is 1. The molecule has 0 radical (unpaired) electrons. The summed E-state index contributed by atoms with van der Waals surface area (Å²) in [6.07, 6.45) is 3.33. The summed E-state index contributed by atoms with van der Waals surface area (Å²) in [6, 6.07) is 5.34. The van der Waals surface area contributed by atoms with Gasteiger partial charge in [-0.15, -0.1) is 11.8 Å². The number of hydrogen-bond donors (Lipinski definition) is 3. The highest BCUT2D eigenvalue weighted by Gasteiger charge is 2.35. The molecule has 3 rings (SSSR count). The number of phenols is 1. The van der Waals surface area contributed by atoms with Gasteiger partial charge in [-0.05, 0) is 12.1 Å². The van der Waals surface area contributed by atoms with Crippen LogP contribution in [0.25, 0.3) is 0 Å². The molecule has 0 saturated heterocycles. The van der Waals surface area contributed by atoms with E-state index in [2.05, 4.69) is 20.3 Å². The van der Waals surface area contributed by atoms with E-state index in [-0.39, 0.29) is 23.3 Å². The Morgan fingerprint density at radius 1 is 1.41 bits per heavy atom. The van der Waals surface area contributed by atoms with Gasteiger partial charge >= 0.3 is 5.97 Å². The summed E-state index contributed by atoms with van der Waals surface area (Å²) in [5.74, 6) is -0.791. The van der Waals surface area contributed by atoms with Crippen molar-refractivity contribution in [1.82, 2.24) is 15.3 Å². The summed E-state index contributed by atoms with van der Waals surface area (Å²) in [6.45, 7) is 1.88. The van der Waals surface area contributed by atoms with Crippen molar-refractivity contribution in [1.29, 1.82) is 0 Å². The molecule has 0 saturated carbocycles. The lowest BCUT2D eigenvalue weighted by molar-refractivity contribution is -0.145. The monoisotopic (exact) mass is 388 g/mol. The average molecular weight is 388 g/mol. The molecule has 0 fully saturated rings. The number of nitrogens with one attached hydrogen (secondary N) is 2. The Morgan fingerprint density at radius 2 is 2.19 bits per heavy atom. The molecule has 2 heterocycles. The van der Waals surface area contributed by atoms with Crippen molar-refractivity contribution >= 4 is 28.7 Å². The second kappa shape index (κ2) is 8.26. The van der Waals surface area contributed by atoms with Crippen LogP contribution in [-0.4, -0.2) is 56.4 Å². The van der Waals surface area contributed by atoms with E-state index >= 15 is 0 Å². The summed E-state index contributed by atoms with van der Waals surface area (Å²) < 4.78 is 4.80. The number of ether oxygens (including phenoxy) is 1. The highest BCUT2D eigenvalue weighted by atomic mass is 32.2. The molecule has 1 aromatic heterocycles. The number of H-pyrrole nitrogens is 1. The lowest BCUT2D eigenvalue weighted by Crippen LogP contribution is -2.48. The number of carbonyl (C=O) groups is 2. The van der Waals surface area contributed by atoms with Crippen LogP contribution in [0.5, 0.6) is 5.75 Å². The number of aromatic amines is 1. The number of para-hydroxylation sites is 1. The fourth-order valence-corrected chi connectivity index (χ4v) is 3.91. The molecule has 142 valence electrons. The van der Waals surface area contributed by atoms with Gasteiger partial charge in [0.2, 0.25) is 5.91 Å². The molecule has 2 aromatic rings. The topological polar surface area (TPSA) is 117 Å². The molecule has 1 aliphatic heterocycles. The number of aromatic nitrogens is 2. The Bertz CT molecular complexity index is 853. The van der Waals surface area contributed by atoms with Gasteiger partial charge in [0, 0.05) is 29.1 Å². The van der Waals surface area contributed by atoms with Crippen LogP contribution in [0.15, 0.2) is 41.8 Å². The van der Waals surface area contributed by atoms with E-state index in [0.717, 1.165) is 0 Å². The van der Waals surface area contributed by atoms with Gasteiger partial charge in [0.05, 0.1) is 13.4 Å². The molecule has 1 amide bonds. The van der Waals surface area contributed by atoms with Crippen molar-refractivity contribution in [3.8, 4) is 5.75 Å². The fraction of sp³-hybridized carbons (Fsp3) is 0.333. The molecule has 3 N–H and O–H groups in total. The highest BCUT2D eigenvalue weighted by molar-refractivity contribution is 8.15. The minimum absolute atomic E-state index is 0.115. The maximum atomic E-state index is 12.7. The number of nitrogens with zero attached hydrogens (tertiary/aromatic N) is 2. The Labute approximate surface area is 160 Å². The molecule has 8 nitrogen and oxygen atoms in total.